The topological polar surface area (TPSA) is 78.0 Å². The van der Waals surface area contributed by atoms with E-state index < -0.39 is 9.84 Å². The van der Waals surface area contributed by atoms with E-state index in [9.17, 15) is 8.42 Å². The van der Waals surface area contributed by atoms with Crippen LogP contribution in [-0.2, 0) is 16.4 Å². The Morgan fingerprint density at radius 2 is 2.10 bits per heavy atom. The van der Waals surface area contributed by atoms with Crippen molar-refractivity contribution in [2.75, 3.05) is 12.0 Å². The molecule has 1 heterocycles. The van der Waals surface area contributed by atoms with Gasteiger partial charge in [0.2, 0.25) is 5.95 Å². The maximum atomic E-state index is 11.8. The molecule has 0 atom stereocenters. The van der Waals surface area contributed by atoms with Crippen LogP contribution >= 0.6 is 0 Å². The minimum absolute atomic E-state index is 0.252. The summed E-state index contributed by atoms with van der Waals surface area (Å²) in [5, 5.41) is 0. The van der Waals surface area contributed by atoms with Gasteiger partial charge in [-0.05, 0) is 36.8 Å². The lowest BCUT2D eigenvalue weighted by molar-refractivity contribution is 0.418. The molecule has 108 valence electrons. The third kappa shape index (κ3) is 2.08. The molecule has 0 amide bonds. The van der Waals surface area contributed by atoms with Gasteiger partial charge in [-0.25, -0.2) is 13.4 Å². The summed E-state index contributed by atoms with van der Waals surface area (Å²) in [6.45, 7) is 3.00. The molecule has 1 aliphatic rings. The first kappa shape index (κ1) is 13.4. The van der Waals surface area contributed by atoms with E-state index in [-0.39, 0.29) is 4.90 Å². The van der Waals surface area contributed by atoms with E-state index >= 15 is 0 Å². The van der Waals surface area contributed by atoms with Crippen LogP contribution in [0, 0.1) is 5.41 Å². The van der Waals surface area contributed by atoms with E-state index in [0.29, 0.717) is 16.9 Å². The number of nitrogen functional groups attached to an aromatic ring is 1. The van der Waals surface area contributed by atoms with Gasteiger partial charge in [-0.15, -0.1) is 0 Å². The normalized spacial score (nSPS) is 17.5. The van der Waals surface area contributed by atoms with Crippen molar-refractivity contribution in [2.45, 2.75) is 37.6 Å². The number of para-hydroxylation sites is 1. The van der Waals surface area contributed by atoms with Crippen LogP contribution in [0.1, 0.15) is 26.2 Å². The number of nitrogens with two attached hydrogens (primary N) is 1. The van der Waals surface area contributed by atoms with Gasteiger partial charge in [0.05, 0.1) is 10.4 Å². The highest BCUT2D eigenvalue weighted by atomic mass is 32.2. The van der Waals surface area contributed by atoms with Gasteiger partial charge in [0.1, 0.15) is 5.52 Å². The zero-order valence-electron chi connectivity index (χ0n) is 11.8. The summed E-state index contributed by atoms with van der Waals surface area (Å²) in [6, 6.07) is 5.22. The van der Waals surface area contributed by atoms with Crippen molar-refractivity contribution in [3.8, 4) is 0 Å². The van der Waals surface area contributed by atoms with Gasteiger partial charge >= 0.3 is 0 Å². The number of imidazole rings is 1. The Bertz CT molecular complexity index is 773. The van der Waals surface area contributed by atoms with Crippen molar-refractivity contribution in [1.82, 2.24) is 9.55 Å². The maximum Gasteiger partial charge on any atom is 0.201 e. The molecule has 0 bridgehead atoms. The number of rotatable bonds is 4. The fourth-order valence-electron chi connectivity index (χ4n) is 2.74. The molecule has 0 unspecified atom stereocenters. The Balaban J connectivity index is 2.17. The molecule has 2 N–H and O–H groups in total. The zero-order chi connectivity index (χ0) is 14.5. The number of fused-ring (bicyclic) bond motifs is 1. The van der Waals surface area contributed by atoms with E-state index in [4.69, 9.17) is 5.73 Å². The highest BCUT2D eigenvalue weighted by Crippen LogP contribution is 2.50. The average molecular weight is 293 g/mol. The molecule has 0 aliphatic heterocycles. The van der Waals surface area contributed by atoms with Crippen LogP contribution in [0.5, 0.6) is 0 Å². The molecule has 2 aromatic rings. The van der Waals surface area contributed by atoms with Gasteiger partial charge in [0, 0.05) is 12.8 Å². The largest absolute Gasteiger partial charge is 0.369 e. The molecule has 5 nitrogen and oxygen atoms in total. The number of aromatic nitrogens is 2. The number of anilines is 1. The first-order valence-corrected chi connectivity index (χ1v) is 8.70. The lowest BCUT2D eigenvalue weighted by Gasteiger charge is -2.15. The Kier molecular flexibility index (Phi) is 2.83. The highest BCUT2D eigenvalue weighted by molar-refractivity contribution is 7.91. The Morgan fingerprint density at radius 3 is 2.65 bits per heavy atom. The summed E-state index contributed by atoms with van der Waals surface area (Å²) in [5.41, 5.74) is 7.63. The van der Waals surface area contributed by atoms with Crippen molar-refractivity contribution in [2.24, 2.45) is 5.41 Å². The van der Waals surface area contributed by atoms with E-state index in [1.54, 1.807) is 12.1 Å². The molecule has 1 aromatic heterocycles. The molecular weight excluding hydrogens is 274 g/mol. The summed E-state index contributed by atoms with van der Waals surface area (Å²) in [5.74, 6) is 0.399. The van der Waals surface area contributed by atoms with Crippen LogP contribution in [0.2, 0.25) is 0 Å². The number of sulfone groups is 1. The number of hydrogen-bond acceptors (Lipinski definition) is 4. The molecule has 0 spiro atoms. The first-order valence-electron chi connectivity index (χ1n) is 6.81. The van der Waals surface area contributed by atoms with Gasteiger partial charge in [0.15, 0.2) is 9.84 Å². The first-order chi connectivity index (χ1) is 9.36. The molecule has 1 aliphatic carbocycles. The highest BCUT2D eigenvalue weighted by Gasteiger charge is 2.41. The van der Waals surface area contributed by atoms with Crippen LogP contribution in [0.15, 0.2) is 23.1 Å². The Labute approximate surface area is 118 Å². The third-order valence-corrected chi connectivity index (χ3v) is 5.50. The monoisotopic (exact) mass is 293 g/mol. The van der Waals surface area contributed by atoms with E-state index in [1.807, 2.05) is 10.6 Å². The van der Waals surface area contributed by atoms with Gasteiger partial charge < -0.3 is 10.3 Å². The molecule has 1 aromatic carbocycles. The predicted molar refractivity (Wildman–Crippen MR) is 79.2 cm³/mol. The third-order valence-electron chi connectivity index (χ3n) is 4.37. The van der Waals surface area contributed by atoms with Crippen LogP contribution in [0.25, 0.3) is 11.0 Å². The van der Waals surface area contributed by atoms with E-state index in [1.165, 1.54) is 19.1 Å². The number of hydrogen-bond donors (Lipinski definition) is 1. The lowest BCUT2D eigenvalue weighted by Crippen LogP contribution is -2.13. The van der Waals surface area contributed by atoms with Crippen molar-refractivity contribution in [3.63, 3.8) is 0 Å². The summed E-state index contributed by atoms with van der Waals surface area (Å²) in [4.78, 5) is 4.54. The summed E-state index contributed by atoms with van der Waals surface area (Å²) < 4.78 is 25.6. The molecule has 1 saturated carbocycles. The molecule has 1 fully saturated rings. The van der Waals surface area contributed by atoms with E-state index in [2.05, 4.69) is 11.9 Å². The van der Waals surface area contributed by atoms with Crippen LogP contribution in [0.4, 0.5) is 5.95 Å². The van der Waals surface area contributed by atoms with Crippen molar-refractivity contribution in [1.29, 1.82) is 0 Å². The zero-order valence-corrected chi connectivity index (χ0v) is 12.6. The fraction of sp³-hybridized carbons (Fsp3) is 0.500. The smallest absolute Gasteiger partial charge is 0.201 e. The molecule has 0 radical (unpaired) electrons. The van der Waals surface area contributed by atoms with E-state index in [0.717, 1.165) is 18.5 Å². The van der Waals surface area contributed by atoms with Gasteiger partial charge in [-0.3, -0.25) is 0 Å². The van der Waals surface area contributed by atoms with Crippen LogP contribution in [-0.4, -0.2) is 24.2 Å². The Hall–Kier alpha value is -1.56. The van der Waals surface area contributed by atoms with Gasteiger partial charge in [0.25, 0.3) is 0 Å². The minimum atomic E-state index is -3.30. The Morgan fingerprint density at radius 1 is 1.40 bits per heavy atom. The predicted octanol–water partition coefficient (Wildman–Crippen LogP) is 2.21. The minimum Gasteiger partial charge on any atom is -0.369 e. The SMILES string of the molecule is CCC1(Cn2c(N)nc3c(S(C)(=O)=O)cccc32)CC1. The second-order valence-corrected chi connectivity index (χ2v) is 7.79. The second-order valence-electron chi connectivity index (χ2n) is 5.81. The molecule has 0 saturated heterocycles. The van der Waals surface area contributed by atoms with Crippen molar-refractivity contribution in [3.05, 3.63) is 18.2 Å². The second kappa shape index (κ2) is 4.22. The summed E-state index contributed by atoms with van der Waals surface area (Å²) in [6.07, 6.45) is 4.71. The van der Waals surface area contributed by atoms with Crippen LogP contribution < -0.4 is 5.73 Å². The number of benzene rings is 1. The summed E-state index contributed by atoms with van der Waals surface area (Å²) >= 11 is 0. The van der Waals surface area contributed by atoms with Crippen molar-refractivity contribution >= 4 is 26.8 Å². The average Bonchev–Trinajstić information content (AvgIpc) is 3.08. The van der Waals surface area contributed by atoms with Crippen LogP contribution in [0.3, 0.4) is 0 Å². The fourth-order valence-corrected chi connectivity index (χ4v) is 3.57. The lowest BCUT2D eigenvalue weighted by atomic mass is 10.0. The molecular formula is C14H19N3O2S. The number of nitrogens with zero attached hydrogens (tertiary/aromatic N) is 2. The quantitative estimate of drug-likeness (QED) is 0.937. The molecule has 20 heavy (non-hydrogen) atoms. The summed E-state index contributed by atoms with van der Waals surface area (Å²) in [7, 11) is -3.30. The van der Waals surface area contributed by atoms with Gasteiger partial charge in [-0.1, -0.05) is 13.0 Å². The van der Waals surface area contributed by atoms with Gasteiger partial charge in [-0.2, -0.15) is 0 Å². The standard InChI is InChI=1S/C14H19N3O2S/c1-3-14(7-8-14)9-17-10-5-4-6-11(20(2,18)19)12(10)16-13(17)15/h4-6H,3,7-9H2,1-2H3,(H2,15,16). The maximum absolute atomic E-state index is 11.8. The molecule has 3 rings (SSSR count). The molecule has 6 heteroatoms. The van der Waals surface area contributed by atoms with Crippen molar-refractivity contribution < 1.29 is 8.42 Å².